The van der Waals surface area contributed by atoms with Crippen molar-refractivity contribution in [3.05, 3.63) is 11.9 Å². The number of aryl methyl sites for hydroxylation is 1. The van der Waals surface area contributed by atoms with Crippen LogP contribution < -0.4 is 10.1 Å². The highest BCUT2D eigenvalue weighted by molar-refractivity contribution is 5.38. The van der Waals surface area contributed by atoms with Gasteiger partial charge in [0.25, 0.3) is 0 Å². The number of nitrogens with zero attached hydrogens (tertiary/aromatic N) is 2. The second kappa shape index (κ2) is 8.69. The third-order valence-electron chi connectivity index (χ3n) is 2.41. The molecule has 0 aliphatic heterocycles. The number of methoxy groups -OCH3 is 1. The monoisotopic (exact) mass is 253 g/mol. The molecular formula is C13H23N3O2. The fourth-order valence-electron chi connectivity index (χ4n) is 1.54. The molecule has 5 heteroatoms. The van der Waals surface area contributed by atoms with Crippen LogP contribution in [0, 0.1) is 0 Å². The van der Waals surface area contributed by atoms with Crippen molar-refractivity contribution in [3.63, 3.8) is 0 Å². The van der Waals surface area contributed by atoms with Gasteiger partial charge in [-0.05, 0) is 19.8 Å². The molecule has 5 nitrogen and oxygen atoms in total. The lowest BCUT2D eigenvalue weighted by atomic mass is 10.3. The quantitative estimate of drug-likeness (QED) is 0.684. The van der Waals surface area contributed by atoms with E-state index in [9.17, 15) is 0 Å². The van der Waals surface area contributed by atoms with Gasteiger partial charge in [-0.15, -0.1) is 0 Å². The van der Waals surface area contributed by atoms with Crippen molar-refractivity contribution in [3.8, 4) is 5.88 Å². The molecule has 0 aromatic carbocycles. The van der Waals surface area contributed by atoms with Gasteiger partial charge in [-0.3, -0.25) is 0 Å². The molecule has 0 aliphatic carbocycles. The largest absolute Gasteiger partial charge is 0.481 e. The van der Waals surface area contributed by atoms with Crippen LogP contribution in [-0.4, -0.2) is 36.8 Å². The van der Waals surface area contributed by atoms with Gasteiger partial charge in [-0.2, -0.15) is 4.98 Å². The van der Waals surface area contributed by atoms with Crippen LogP contribution in [0.1, 0.15) is 32.5 Å². The minimum Gasteiger partial charge on any atom is -0.481 e. The average molecular weight is 253 g/mol. The molecule has 0 bridgehead atoms. The standard InChI is InChI=1S/C13H23N3O2/c1-4-7-11-15-12(10-13(16-11)17-3)14-8-6-9-18-5-2/h10H,4-9H2,1-3H3,(H,14,15,16). The fourth-order valence-corrected chi connectivity index (χ4v) is 1.54. The summed E-state index contributed by atoms with van der Waals surface area (Å²) >= 11 is 0. The topological polar surface area (TPSA) is 56.3 Å². The minimum atomic E-state index is 0.612. The lowest BCUT2D eigenvalue weighted by Gasteiger charge is -2.09. The van der Waals surface area contributed by atoms with Crippen LogP contribution in [0.25, 0.3) is 0 Å². The first-order valence-corrected chi connectivity index (χ1v) is 6.53. The highest BCUT2D eigenvalue weighted by Crippen LogP contribution is 2.13. The Bertz CT molecular complexity index is 345. The van der Waals surface area contributed by atoms with Crippen LogP contribution in [0.2, 0.25) is 0 Å². The maximum atomic E-state index is 5.28. The third kappa shape index (κ3) is 5.31. The maximum absolute atomic E-state index is 5.28. The zero-order valence-electron chi connectivity index (χ0n) is 11.5. The number of hydrogen-bond donors (Lipinski definition) is 1. The van der Waals surface area contributed by atoms with Crippen molar-refractivity contribution < 1.29 is 9.47 Å². The predicted octanol–water partition coefficient (Wildman–Crippen LogP) is 2.28. The molecule has 1 heterocycles. The molecule has 0 fully saturated rings. The lowest BCUT2D eigenvalue weighted by molar-refractivity contribution is 0.147. The van der Waals surface area contributed by atoms with Gasteiger partial charge in [0.15, 0.2) is 0 Å². The Morgan fingerprint density at radius 3 is 2.78 bits per heavy atom. The smallest absolute Gasteiger partial charge is 0.218 e. The molecule has 0 aliphatic rings. The van der Waals surface area contributed by atoms with E-state index in [2.05, 4.69) is 22.2 Å². The number of rotatable bonds is 9. The molecule has 1 rings (SSSR count). The Labute approximate surface area is 109 Å². The van der Waals surface area contributed by atoms with Crippen LogP contribution in [0.3, 0.4) is 0 Å². The van der Waals surface area contributed by atoms with Crippen LogP contribution in [0.4, 0.5) is 5.82 Å². The fraction of sp³-hybridized carbons (Fsp3) is 0.692. The van der Waals surface area contributed by atoms with Gasteiger partial charge in [0, 0.05) is 32.2 Å². The van der Waals surface area contributed by atoms with E-state index >= 15 is 0 Å². The Hall–Kier alpha value is -1.36. The Morgan fingerprint density at radius 1 is 1.28 bits per heavy atom. The zero-order valence-corrected chi connectivity index (χ0v) is 11.5. The number of aromatic nitrogens is 2. The number of anilines is 1. The van der Waals surface area contributed by atoms with E-state index in [1.165, 1.54) is 0 Å². The second-order valence-electron chi connectivity index (χ2n) is 3.94. The van der Waals surface area contributed by atoms with Crippen molar-refractivity contribution in [1.29, 1.82) is 0 Å². The summed E-state index contributed by atoms with van der Waals surface area (Å²) in [6.07, 6.45) is 2.85. The molecule has 0 amide bonds. The van der Waals surface area contributed by atoms with Crippen molar-refractivity contribution in [1.82, 2.24) is 9.97 Å². The summed E-state index contributed by atoms with van der Waals surface area (Å²) in [4.78, 5) is 8.75. The van der Waals surface area contributed by atoms with Crippen molar-refractivity contribution in [2.24, 2.45) is 0 Å². The van der Waals surface area contributed by atoms with Gasteiger partial charge in [-0.1, -0.05) is 6.92 Å². The van der Waals surface area contributed by atoms with E-state index in [4.69, 9.17) is 9.47 Å². The van der Waals surface area contributed by atoms with Crippen LogP contribution >= 0.6 is 0 Å². The van der Waals surface area contributed by atoms with E-state index < -0.39 is 0 Å². The normalized spacial score (nSPS) is 10.4. The maximum Gasteiger partial charge on any atom is 0.218 e. The summed E-state index contributed by atoms with van der Waals surface area (Å²) in [5, 5.41) is 3.27. The molecule has 0 spiro atoms. The van der Waals surface area contributed by atoms with E-state index in [0.717, 1.165) is 50.7 Å². The first kappa shape index (κ1) is 14.7. The Balaban J connectivity index is 2.50. The van der Waals surface area contributed by atoms with Gasteiger partial charge in [0.2, 0.25) is 5.88 Å². The predicted molar refractivity (Wildman–Crippen MR) is 72.2 cm³/mol. The van der Waals surface area contributed by atoms with Gasteiger partial charge in [-0.25, -0.2) is 4.98 Å². The first-order chi connectivity index (χ1) is 8.80. The number of nitrogens with one attached hydrogen (secondary N) is 1. The van der Waals surface area contributed by atoms with E-state index in [1.807, 2.05) is 13.0 Å². The van der Waals surface area contributed by atoms with Gasteiger partial charge in [0.05, 0.1) is 7.11 Å². The lowest BCUT2D eigenvalue weighted by Crippen LogP contribution is -2.09. The molecule has 0 unspecified atom stereocenters. The molecule has 0 atom stereocenters. The van der Waals surface area contributed by atoms with Gasteiger partial charge in [0.1, 0.15) is 11.6 Å². The Kier molecular flexibility index (Phi) is 7.10. The van der Waals surface area contributed by atoms with Crippen LogP contribution in [-0.2, 0) is 11.2 Å². The molecule has 102 valence electrons. The summed E-state index contributed by atoms with van der Waals surface area (Å²) in [5.74, 6) is 2.26. The highest BCUT2D eigenvalue weighted by atomic mass is 16.5. The van der Waals surface area contributed by atoms with E-state index in [1.54, 1.807) is 7.11 Å². The molecule has 1 aromatic heterocycles. The molecule has 0 saturated heterocycles. The molecule has 1 N–H and O–H groups in total. The summed E-state index contributed by atoms with van der Waals surface area (Å²) in [5.41, 5.74) is 0. The minimum absolute atomic E-state index is 0.612. The van der Waals surface area contributed by atoms with Crippen LogP contribution in [0.5, 0.6) is 5.88 Å². The van der Waals surface area contributed by atoms with Crippen LogP contribution in [0.15, 0.2) is 6.07 Å². The summed E-state index contributed by atoms with van der Waals surface area (Å²) in [6, 6.07) is 1.82. The van der Waals surface area contributed by atoms with Gasteiger partial charge < -0.3 is 14.8 Å². The van der Waals surface area contributed by atoms with Crippen molar-refractivity contribution in [2.75, 3.05) is 32.2 Å². The number of ether oxygens (including phenoxy) is 2. The zero-order chi connectivity index (χ0) is 13.2. The average Bonchev–Trinajstić information content (AvgIpc) is 2.38. The van der Waals surface area contributed by atoms with Crippen molar-refractivity contribution >= 4 is 5.82 Å². The molecule has 1 aromatic rings. The first-order valence-electron chi connectivity index (χ1n) is 6.53. The SMILES string of the molecule is CCCc1nc(NCCCOCC)cc(OC)n1. The highest BCUT2D eigenvalue weighted by Gasteiger charge is 2.03. The Morgan fingerprint density at radius 2 is 2.11 bits per heavy atom. The third-order valence-corrected chi connectivity index (χ3v) is 2.41. The molecule has 18 heavy (non-hydrogen) atoms. The second-order valence-corrected chi connectivity index (χ2v) is 3.94. The van der Waals surface area contributed by atoms with Gasteiger partial charge >= 0.3 is 0 Å². The molecule has 0 radical (unpaired) electrons. The molecule has 0 saturated carbocycles. The van der Waals surface area contributed by atoms with E-state index in [0.29, 0.717) is 5.88 Å². The summed E-state index contributed by atoms with van der Waals surface area (Å²) < 4.78 is 10.5. The molecular weight excluding hydrogens is 230 g/mol. The number of hydrogen-bond acceptors (Lipinski definition) is 5. The summed E-state index contributed by atoms with van der Waals surface area (Å²) in [6.45, 7) is 6.49. The van der Waals surface area contributed by atoms with Crippen molar-refractivity contribution in [2.45, 2.75) is 33.1 Å². The summed E-state index contributed by atoms with van der Waals surface area (Å²) in [7, 11) is 1.62. The van der Waals surface area contributed by atoms with E-state index in [-0.39, 0.29) is 0 Å².